The van der Waals surface area contributed by atoms with Gasteiger partial charge in [0.1, 0.15) is 0 Å². The van der Waals surface area contributed by atoms with E-state index in [9.17, 15) is 9.59 Å². The van der Waals surface area contributed by atoms with Crippen molar-refractivity contribution in [3.8, 4) is 24.7 Å². The highest BCUT2D eigenvalue weighted by atomic mass is 16.2. The Hall–Kier alpha value is -3.50. The summed E-state index contributed by atoms with van der Waals surface area (Å²) in [6.45, 7) is 0. The average Bonchev–Trinajstić information content (AvgIpc) is 2.74. The molecule has 1 aliphatic rings. The number of carbonyl (C=O) groups excluding carboxylic acids is 2. The zero-order valence-electron chi connectivity index (χ0n) is 15.6. The summed E-state index contributed by atoms with van der Waals surface area (Å²) >= 11 is 0. The topological polar surface area (TPSA) is 58.2 Å². The molecule has 0 aromatic heterocycles. The van der Waals surface area contributed by atoms with Crippen LogP contribution in [0.15, 0.2) is 48.5 Å². The van der Waals surface area contributed by atoms with Crippen LogP contribution in [0.1, 0.15) is 36.8 Å². The number of rotatable bonds is 4. The molecule has 28 heavy (non-hydrogen) atoms. The molecule has 2 amide bonds. The summed E-state index contributed by atoms with van der Waals surface area (Å²) in [7, 11) is 0. The summed E-state index contributed by atoms with van der Waals surface area (Å²) in [5.74, 6) is 4.58. The second kappa shape index (κ2) is 8.93. The first-order chi connectivity index (χ1) is 13.6. The predicted molar refractivity (Wildman–Crippen MR) is 111 cm³/mol. The van der Waals surface area contributed by atoms with E-state index in [1.54, 1.807) is 12.1 Å². The molecular weight excluding hydrogens is 348 g/mol. The molecule has 140 valence electrons. The summed E-state index contributed by atoms with van der Waals surface area (Å²) in [5.41, 5.74) is 2.79. The molecule has 0 bridgehead atoms. The Morgan fingerprint density at radius 1 is 0.821 bits per heavy atom. The second-order valence-electron chi connectivity index (χ2n) is 6.99. The third kappa shape index (κ3) is 4.81. The molecule has 0 radical (unpaired) electrons. The number of nitrogens with one attached hydrogen (secondary N) is 2. The summed E-state index contributed by atoms with van der Waals surface area (Å²) in [4.78, 5) is 25.3. The number of carbonyl (C=O) groups is 2. The maximum absolute atomic E-state index is 12.7. The molecule has 0 heterocycles. The Labute approximate surface area is 165 Å². The molecule has 0 aliphatic heterocycles. The number of anilines is 2. The summed E-state index contributed by atoms with van der Waals surface area (Å²) < 4.78 is 0. The van der Waals surface area contributed by atoms with E-state index in [4.69, 9.17) is 12.8 Å². The van der Waals surface area contributed by atoms with Gasteiger partial charge in [0.25, 0.3) is 0 Å². The quantitative estimate of drug-likeness (QED) is 0.798. The van der Waals surface area contributed by atoms with Crippen molar-refractivity contribution >= 4 is 23.2 Å². The van der Waals surface area contributed by atoms with E-state index in [1.807, 2.05) is 36.4 Å². The lowest BCUT2D eigenvalue weighted by atomic mass is 9.80. The molecule has 2 atom stereocenters. The average molecular weight is 370 g/mol. The van der Waals surface area contributed by atoms with Crippen LogP contribution in [0, 0.1) is 36.5 Å². The fraction of sp³-hybridized carbons (Fsp3) is 0.250. The van der Waals surface area contributed by atoms with Crippen LogP contribution >= 0.6 is 0 Å². The molecule has 1 aliphatic carbocycles. The van der Waals surface area contributed by atoms with Crippen LogP contribution in [-0.2, 0) is 9.59 Å². The number of amides is 2. The van der Waals surface area contributed by atoms with Gasteiger partial charge in [0, 0.05) is 34.3 Å². The van der Waals surface area contributed by atoms with E-state index in [0.29, 0.717) is 28.9 Å². The fourth-order valence-electron chi connectivity index (χ4n) is 3.53. The standard InChI is InChI=1S/C24H22N2O2/c1-3-17-8-5-12-21(14-17)25-23(27)19-10-7-11-20(16-19)24(28)26-22-13-6-9-18(4-2)15-22/h1-2,5-6,8-9,12-15,19-20H,7,10-11,16H2,(H,25,27)(H,26,28). The molecule has 1 fully saturated rings. The first kappa shape index (κ1) is 19.3. The van der Waals surface area contributed by atoms with Crippen LogP contribution in [0.3, 0.4) is 0 Å². The smallest absolute Gasteiger partial charge is 0.227 e. The molecule has 3 rings (SSSR count). The van der Waals surface area contributed by atoms with Gasteiger partial charge in [-0.3, -0.25) is 9.59 Å². The maximum Gasteiger partial charge on any atom is 0.227 e. The molecule has 2 aromatic rings. The van der Waals surface area contributed by atoms with Crippen molar-refractivity contribution in [1.29, 1.82) is 0 Å². The zero-order valence-corrected chi connectivity index (χ0v) is 15.6. The van der Waals surface area contributed by atoms with E-state index >= 15 is 0 Å². The van der Waals surface area contributed by atoms with Gasteiger partial charge < -0.3 is 10.6 Å². The van der Waals surface area contributed by atoms with Gasteiger partial charge in [-0.05, 0) is 55.7 Å². The van der Waals surface area contributed by atoms with Crippen LogP contribution in [-0.4, -0.2) is 11.8 Å². The van der Waals surface area contributed by atoms with E-state index < -0.39 is 0 Å². The van der Waals surface area contributed by atoms with Crippen molar-refractivity contribution in [2.45, 2.75) is 25.7 Å². The molecular formula is C24H22N2O2. The third-order valence-electron chi connectivity index (χ3n) is 5.01. The van der Waals surface area contributed by atoms with Crippen LogP contribution in [0.2, 0.25) is 0 Å². The van der Waals surface area contributed by atoms with Gasteiger partial charge in [-0.25, -0.2) is 0 Å². The SMILES string of the molecule is C#Cc1cccc(NC(=O)C2CCCC(C(=O)Nc3cccc(C#C)c3)C2)c1. The first-order valence-electron chi connectivity index (χ1n) is 9.34. The lowest BCUT2D eigenvalue weighted by Crippen LogP contribution is -2.33. The maximum atomic E-state index is 12.7. The molecule has 0 saturated heterocycles. The lowest BCUT2D eigenvalue weighted by Gasteiger charge is -2.27. The first-order valence-corrected chi connectivity index (χ1v) is 9.34. The number of hydrogen-bond acceptors (Lipinski definition) is 2. The molecule has 2 N–H and O–H groups in total. The van der Waals surface area contributed by atoms with E-state index in [-0.39, 0.29) is 23.7 Å². The van der Waals surface area contributed by atoms with Gasteiger partial charge in [-0.15, -0.1) is 12.8 Å². The van der Waals surface area contributed by atoms with Crippen LogP contribution in [0.4, 0.5) is 11.4 Å². The Morgan fingerprint density at radius 3 is 1.71 bits per heavy atom. The monoisotopic (exact) mass is 370 g/mol. The van der Waals surface area contributed by atoms with Crippen molar-refractivity contribution in [2.24, 2.45) is 11.8 Å². The van der Waals surface area contributed by atoms with Gasteiger partial charge in [0.05, 0.1) is 0 Å². The summed E-state index contributed by atoms with van der Waals surface area (Å²) in [6.07, 6.45) is 13.7. The Balaban J connectivity index is 1.61. The Morgan fingerprint density at radius 2 is 1.29 bits per heavy atom. The van der Waals surface area contributed by atoms with Crippen molar-refractivity contribution in [2.75, 3.05) is 10.6 Å². The molecule has 0 spiro atoms. The summed E-state index contributed by atoms with van der Waals surface area (Å²) in [5, 5.41) is 5.84. The molecule has 4 nitrogen and oxygen atoms in total. The van der Waals surface area contributed by atoms with E-state index in [1.165, 1.54) is 0 Å². The highest BCUT2D eigenvalue weighted by molar-refractivity contribution is 5.95. The van der Waals surface area contributed by atoms with Crippen molar-refractivity contribution in [3.05, 3.63) is 59.7 Å². The largest absolute Gasteiger partial charge is 0.326 e. The highest BCUT2D eigenvalue weighted by Crippen LogP contribution is 2.31. The number of benzene rings is 2. The number of terminal acetylenes is 2. The minimum absolute atomic E-state index is 0.0685. The van der Waals surface area contributed by atoms with Crippen LogP contribution < -0.4 is 10.6 Å². The normalized spacial score (nSPS) is 18.4. The van der Waals surface area contributed by atoms with Crippen LogP contribution in [0.5, 0.6) is 0 Å². The van der Waals surface area contributed by atoms with Gasteiger partial charge in [-0.1, -0.05) is 30.4 Å². The Kier molecular flexibility index (Phi) is 6.14. The Bertz CT molecular complexity index is 888. The van der Waals surface area contributed by atoms with E-state index in [0.717, 1.165) is 19.3 Å². The predicted octanol–water partition coefficient (Wildman–Crippen LogP) is 4.03. The molecule has 2 unspecified atom stereocenters. The van der Waals surface area contributed by atoms with Gasteiger partial charge in [0.15, 0.2) is 0 Å². The minimum atomic E-state index is -0.198. The van der Waals surface area contributed by atoms with Crippen molar-refractivity contribution in [3.63, 3.8) is 0 Å². The molecule has 2 aromatic carbocycles. The van der Waals surface area contributed by atoms with Gasteiger partial charge in [0.2, 0.25) is 11.8 Å². The second-order valence-corrected chi connectivity index (χ2v) is 6.99. The van der Waals surface area contributed by atoms with Crippen molar-refractivity contribution in [1.82, 2.24) is 0 Å². The zero-order chi connectivity index (χ0) is 19.9. The lowest BCUT2D eigenvalue weighted by molar-refractivity contribution is -0.124. The third-order valence-corrected chi connectivity index (χ3v) is 5.01. The molecule has 1 saturated carbocycles. The minimum Gasteiger partial charge on any atom is -0.326 e. The van der Waals surface area contributed by atoms with E-state index in [2.05, 4.69) is 22.5 Å². The van der Waals surface area contributed by atoms with Crippen molar-refractivity contribution < 1.29 is 9.59 Å². The van der Waals surface area contributed by atoms with Gasteiger partial charge in [-0.2, -0.15) is 0 Å². The van der Waals surface area contributed by atoms with Crippen LogP contribution in [0.25, 0.3) is 0 Å². The molecule has 4 heteroatoms. The number of hydrogen-bond donors (Lipinski definition) is 2. The van der Waals surface area contributed by atoms with Gasteiger partial charge >= 0.3 is 0 Å². The highest BCUT2D eigenvalue weighted by Gasteiger charge is 2.31. The fourth-order valence-corrected chi connectivity index (χ4v) is 3.53. The summed E-state index contributed by atoms with van der Waals surface area (Å²) in [6, 6.07) is 14.4.